The van der Waals surface area contributed by atoms with E-state index in [1.54, 1.807) is 38.1 Å². The van der Waals surface area contributed by atoms with Crippen molar-refractivity contribution in [3.63, 3.8) is 0 Å². The third-order valence-electron chi connectivity index (χ3n) is 7.63. The number of nitrogens with zero attached hydrogens (tertiary/aromatic N) is 8. The molecule has 22 heteroatoms. The van der Waals surface area contributed by atoms with Gasteiger partial charge in [0.05, 0.1) is 30.7 Å². The zero-order valence-corrected chi connectivity index (χ0v) is 31.7. The molecule has 7 rings (SSSR count). The van der Waals surface area contributed by atoms with Crippen molar-refractivity contribution in [2.75, 3.05) is 14.1 Å². The maximum atomic E-state index is 14.0. The molecule has 0 unspecified atom stereocenters. The Morgan fingerprint density at radius 3 is 1.77 bits per heavy atom. The summed E-state index contributed by atoms with van der Waals surface area (Å²) < 4.78 is 92.3. The normalized spacial score (nSPS) is 10.7. The number of nitrogens with one attached hydrogen (secondary N) is 2. The SMILES string of the molecule is CCC(F)=CN(C)C.N=C(N)c1cc(-c2ccon2)n(Cc2cc(F)ccc2F)n1.O=C=O.O=c1[nH]c(-c2cc(-c3ccon3)n(Cc3cc(F)ccc3F)n2)ncc1F. The van der Waals surface area contributed by atoms with Crippen LogP contribution in [0.3, 0.4) is 0 Å². The summed E-state index contributed by atoms with van der Waals surface area (Å²) in [5.41, 5.74) is 6.82. The van der Waals surface area contributed by atoms with Gasteiger partial charge in [-0.05, 0) is 55.0 Å². The summed E-state index contributed by atoms with van der Waals surface area (Å²) in [6.07, 6.45) is 5.70. The number of benzene rings is 2. The highest BCUT2D eigenvalue weighted by molar-refractivity contribution is 5.94. The van der Waals surface area contributed by atoms with Crippen LogP contribution in [-0.2, 0) is 22.7 Å². The number of nitrogen functional groups attached to an aromatic ring is 1. The number of halogens is 6. The van der Waals surface area contributed by atoms with Crippen molar-refractivity contribution in [1.82, 2.24) is 44.7 Å². The second-order valence-corrected chi connectivity index (χ2v) is 12.2. The number of carbonyl (C=O) groups excluding carboxylic acids is 2. The smallest absolute Gasteiger partial charge is 0.373 e. The number of nitrogens with two attached hydrogens (primary N) is 1. The van der Waals surface area contributed by atoms with E-state index in [1.807, 2.05) is 0 Å². The van der Waals surface area contributed by atoms with E-state index in [4.69, 9.17) is 29.8 Å². The molecule has 5 aromatic heterocycles. The quantitative estimate of drug-likeness (QED) is 0.0810. The van der Waals surface area contributed by atoms with Crippen LogP contribution in [0, 0.1) is 34.5 Å². The van der Waals surface area contributed by atoms with E-state index in [9.17, 15) is 31.1 Å². The molecule has 5 heterocycles. The number of hydrogen-bond donors (Lipinski definition) is 3. The third-order valence-corrected chi connectivity index (χ3v) is 7.63. The van der Waals surface area contributed by atoms with Crippen LogP contribution in [0.4, 0.5) is 26.3 Å². The summed E-state index contributed by atoms with van der Waals surface area (Å²) in [6, 6.07) is 12.5. The van der Waals surface area contributed by atoms with Crippen molar-refractivity contribution in [2.24, 2.45) is 5.73 Å². The van der Waals surface area contributed by atoms with E-state index in [0.29, 0.717) is 29.2 Å². The maximum absolute atomic E-state index is 14.0. The van der Waals surface area contributed by atoms with E-state index >= 15 is 0 Å². The second kappa shape index (κ2) is 21.0. The van der Waals surface area contributed by atoms with Gasteiger partial charge < -0.3 is 24.7 Å². The number of H-pyrrole nitrogens is 1. The number of aromatic nitrogens is 8. The predicted molar refractivity (Wildman–Crippen MR) is 199 cm³/mol. The Morgan fingerprint density at radius 2 is 1.33 bits per heavy atom. The van der Waals surface area contributed by atoms with Crippen molar-refractivity contribution < 1.29 is 45.0 Å². The van der Waals surface area contributed by atoms with E-state index in [1.165, 1.54) is 40.2 Å². The number of aromatic amines is 1. The van der Waals surface area contributed by atoms with Gasteiger partial charge in [0.25, 0.3) is 5.56 Å². The van der Waals surface area contributed by atoms with Gasteiger partial charge in [-0.25, -0.2) is 26.9 Å². The van der Waals surface area contributed by atoms with Crippen molar-refractivity contribution in [3.05, 3.63) is 148 Å². The molecular formula is C38H33F6N11O5. The van der Waals surface area contributed by atoms with Gasteiger partial charge in [0.15, 0.2) is 5.82 Å². The van der Waals surface area contributed by atoms with Gasteiger partial charge in [0, 0.05) is 43.6 Å². The largest absolute Gasteiger partial charge is 0.382 e. The average molecular weight is 838 g/mol. The molecule has 0 spiro atoms. The zero-order chi connectivity index (χ0) is 43.9. The lowest BCUT2D eigenvalue weighted by Gasteiger charge is -2.07. The summed E-state index contributed by atoms with van der Waals surface area (Å²) in [5.74, 6) is -3.61. The predicted octanol–water partition coefficient (Wildman–Crippen LogP) is 6.09. The molecule has 2 aromatic carbocycles. The second-order valence-electron chi connectivity index (χ2n) is 12.2. The monoisotopic (exact) mass is 837 g/mol. The van der Waals surface area contributed by atoms with E-state index in [-0.39, 0.29) is 59.2 Å². The Labute approximate surface area is 335 Å². The van der Waals surface area contributed by atoms with Crippen LogP contribution >= 0.6 is 0 Å². The summed E-state index contributed by atoms with van der Waals surface area (Å²) in [6.45, 7) is 1.64. The first-order valence-electron chi connectivity index (χ1n) is 17.1. The molecule has 0 bridgehead atoms. The summed E-state index contributed by atoms with van der Waals surface area (Å²) in [5, 5.41) is 23.4. The van der Waals surface area contributed by atoms with E-state index < -0.39 is 34.6 Å². The Hall–Kier alpha value is -7.87. The van der Waals surface area contributed by atoms with Crippen LogP contribution in [0.25, 0.3) is 34.3 Å². The van der Waals surface area contributed by atoms with Gasteiger partial charge in [-0.15, -0.1) is 0 Å². The van der Waals surface area contributed by atoms with Crippen LogP contribution < -0.4 is 11.3 Å². The first-order valence-corrected chi connectivity index (χ1v) is 17.1. The topological polar surface area (TPSA) is 221 Å². The molecule has 0 saturated carbocycles. The number of hydrogen-bond acceptors (Lipinski definition) is 12. The van der Waals surface area contributed by atoms with Gasteiger partial charge >= 0.3 is 6.15 Å². The van der Waals surface area contributed by atoms with Crippen LogP contribution in [0.15, 0.2) is 105 Å². The first-order chi connectivity index (χ1) is 28.6. The number of amidine groups is 1. The molecule has 0 amide bonds. The minimum Gasteiger partial charge on any atom is -0.382 e. The summed E-state index contributed by atoms with van der Waals surface area (Å²) in [7, 11) is 3.60. The molecule has 312 valence electrons. The fourth-order valence-corrected chi connectivity index (χ4v) is 4.96. The molecule has 7 aromatic rings. The van der Waals surface area contributed by atoms with Gasteiger partial charge in [-0.3, -0.25) is 19.6 Å². The van der Waals surface area contributed by atoms with Crippen molar-refractivity contribution >= 4 is 12.0 Å². The van der Waals surface area contributed by atoms with Crippen LogP contribution in [-0.4, -0.2) is 70.8 Å². The number of allylic oxidation sites excluding steroid dienone is 1. The maximum Gasteiger partial charge on any atom is 0.373 e. The molecule has 0 fully saturated rings. The van der Waals surface area contributed by atoms with Gasteiger partial charge in [0.2, 0.25) is 5.82 Å². The Bertz CT molecular complexity index is 2630. The van der Waals surface area contributed by atoms with Gasteiger partial charge in [-0.2, -0.15) is 24.2 Å². The van der Waals surface area contributed by atoms with Gasteiger partial charge in [0.1, 0.15) is 70.2 Å². The minimum absolute atomic E-state index is 0.0182. The van der Waals surface area contributed by atoms with Crippen molar-refractivity contribution in [2.45, 2.75) is 26.4 Å². The molecule has 0 atom stereocenters. The van der Waals surface area contributed by atoms with Crippen LogP contribution in [0.1, 0.15) is 30.2 Å². The Morgan fingerprint density at radius 1 is 0.817 bits per heavy atom. The van der Waals surface area contributed by atoms with Crippen molar-refractivity contribution in [1.29, 1.82) is 5.41 Å². The first kappa shape index (κ1) is 44.8. The molecule has 4 N–H and O–H groups in total. The zero-order valence-electron chi connectivity index (χ0n) is 31.7. The van der Waals surface area contributed by atoms with Crippen molar-refractivity contribution in [3.8, 4) is 34.3 Å². The van der Waals surface area contributed by atoms with E-state index in [2.05, 4.69) is 30.5 Å². The summed E-state index contributed by atoms with van der Waals surface area (Å²) >= 11 is 0. The van der Waals surface area contributed by atoms with Gasteiger partial charge in [-0.1, -0.05) is 17.2 Å². The highest BCUT2D eigenvalue weighted by Gasteiger charge is 2.18. The molecule has 0 radical (unpaired) electrons. The minimum atomic E-state index is -1.03. The fourth-order valence-electron chi connectivity index (χ4n) is 4.96. The molecule has 0 aliphatic rings. The van der Waals surface area contributed by atoms with Crippen LogP contribution in [0.5, 0.6) is 0 Å². The Balaban J connectivity index is 0.000000216. The highest BCUT2D eigenvalue weighted by Crippen LogP contribution is 2.25. The summed E-state index contributed by atoms with van der Waals surface area (Å²) in [4.78, 5) is 35.5. The Kier molecular flexibility index (Phi) is 15.7. The molecule has 0 aliphatic carbocycles. The third kappa shape index (κ3) is 12.3. The fraction of sp³-hybridized carbons (Fsp3) is 0.158. The lowest BCUT2D eigenvalue weighted by atomic mass is 10.2. The molecule has 16 nitrogen and oxygen atoms in total. The standard InChI is InChI=1S/C17H10F3N5O2.C14H11F2N5O.C6H12FN.CO2/c18-10-1-2-11(19)9(5-10)8-25-15(13-3-4-27-24-13)6-14(23-25)16-21-7-12(20)17(26)22-16;15-9-1-2-10(16)8(5-9)7-21-13(11-3-4-22-20-11)6-12(19-21)14(17)18;1-4-6(7)5-8(2)3;2-1-3/h1-7H,8H2,(H,21,22,26);1-6H,7H2,(H3,17,18);5H,4H2,1-3H3;. The molecule has 60 heavy (non-hydrogen) atoms. The van der Waals surface area contributed by atoms with Crippen LogP contribution in [0.2, 0.25) is 0 Å². The molecule has 0 saturated heterocycles. The lowest BCUT2D eigenvalue weighted by molar-refractivity contribution is -0.191. The molecular weight excluding hydrogens is 804 g/mol. The highest BCUT2D eigenvalue weighted by atomic mass is 19.1. The lowest BCUT2D eigenvalue weighted by Crippen LogP contribution is -2.13. The molecule has 0 aliphatic heterocycles. The number of rotatable bonds is 10. The average Bonchev–Trinajstić information content (AvgIpc) is 4.04. The van der Waals surface area contributed by atoms with E-state index in [0.717, 1.165) is 42.6 Å².